The van der Waals surface area contributed by atoms with Crippen molar-refractivity contribution in [2.24, 2.45) is 0 Å². The Morgan fingerprint density at radius 2 is 1.65 bits per heavy atom. The maximum absolute atomic E-state index is 11.7. The molecule has 0 unspecified atom stereocenters. The number of carbonyl (C=O) groups excluding carboxylic acids is 2. The Morgan fingerprint density at radius 1 is 0.957 bits per heavy atom. The molecule has 0 N–H and O–H groups in total. The predicted molar refractivity (Wildman–Crippen MR) is 88.8 cm³/mol. The summed E-state index contributed by atoms with van der Waals surface area (Å²) in [4.78, 5) is 23.1. The Hall–Kier alpha value is -2.36. The summed E-state index contributed by atoms with van der Waals surface area (Å²) in [6.07, 6.45) is 0.786. The first-order valence-electron chi connectivity index (χ1n) is 7.87. The zero-order valence-corrected chi connectivity index (χ0v) is 13.6. The Labute approximate surface area is 136 Å². The molecule has 23 heavy (non-hydrogen) atoms. The quantitative estimate of drug-likeness (QED) is 0.725. The van der Waals surface area contributed by atoms with E-state index in [0.717, 1.165) is 16.3 Å². The van der Waals surface area contributed by atoms with E-state index >= 15 is 0 Å². The van der Waals surface area contributed by atoms with Crippen LogP contribution in [0.3, 0.4) is 0 Å². The minimum Gasteiger partial charge on any atom is -0.463 e. The summed E-state index contributed by atoms with van der Waals surface area (Å²) in [7, 11) is 0. The Balaban J connectivity index is 1.74. The van der Waals surface area contributed by atoms with Gasteiger partial charge in [0.1, 0.15) is 6.61 Å². The second-order valence-corrected chi connectivity index (χ2v) is 5.73. The molecule has 0 radical (unpaired) electrons. The maximum Gasteiger partial charge on any atom is 0.306 e. The number of ether oxygens (including phenoxy) is 2. The lowest BCUT2D eigenvalue weighted by atomic mass is 10.1. The van der Waals surface area contributed by atoms with E-state index in [1.54, 1.807) is 13.8 Å². The van der Waals surface area contributed by atoms with Crippen molar-refractivity contribution >= 4 is 22.7 Å². The maximum atomic E-state index is 11.7. The first kappa shape index (κ1) is 17.0. The van der Waals surface area contributed by atoms with Gasteiger partial charge in [-0.2, -0.15) is 0 Å². The number of fused-ring (bicyclic) bond motifs is 1. The van der Waals surface area contributed by atoms with Gasteiger partial charge in [0, 0.05) is 12.8 Å². The van der Waals surface area contributed by atoms with Crippen molar-refractivity contribution in [3.63, 3.8) is 0 Å². The smallest absolute Gasteiger partial charge is 0.306 e. The molecule has 2 rings (SSSR count). The summed E-state index contributed by atoms with van der Waals surface area (Å²) in [5.41, 5.74) is 0.955. The average Bonchev–Trinajstić information content (AvgIpc) is 2.52. The largest absolute Gasteiger partial charge is 0.463 e. The van der Waals surface area contributed by atoms with Crippen molar-refractivity contribution in [2.75, 3.05) is 0 Å². The molecule has 2 aromatic carbocycles. The van der Waals surface area contributed by atoms with E-state index in [-0.39, 0.29) is 37.5 Å². The van der Waals surface area contributed by atoms with Crippen LogP contribution in [-0.4, -0.2) is 18.0 Å². The lowest BCUT2D eigenvalue weighted by Gasteiger charge is -2.08. The fourth-order valence-corrected chi connectivity index (χ4v) is 2.26. The molecule has 0 aromatic heterocycles. The van der Waals surface area contributed by atoms with Gasteiger partial charge in [-0.1, -0.05) is 36.4 Å². The van der Waals surface area contributed by atoms with E-state index in [0.29, 0.717) is 6.42 Å². The summed E-state index contributed by atoms with van der Waals surface area (Å²) in [5, 5.41) is 2.28. The second-order valence-electron chi connectivity index (χ2n) is 5.73. The van der Waals surface area contributed by atoms with Gasteiger partial charge in [-0.15, -0.1) is 0 Å². The minimum atomic E-state index is -0.296. The molecule has 0 saturated carbocycles. The van der Waals surface area contributed by atoms with Crippen LogP contribution in [0.25, 0.3) is 10.8 Å². The topological polar surface area (TPSA) is 52.6 Å². The van der Waals surface area contributed by atoms with Crippen LogP contribution in [0, 0.1) is 0 Å². The van der Waals surface area contributed by atoms with Crippen molar-refractivity contribution in [3.8, 4) is 0 Å². The molecular formula is C19H22O4. The zero-order valence-electron chi connectivity index (χ0n) is 13.6. The van der Waals surface area contributed by atoms with Crippen LogP contribution in [0.2, 0.25) is 0 Å². The molecule has 0 amide bonds. The fraction of sp³-hybridized carbons (Fsp3) is 0.368. The third-order valence-corrected chi connectivity index (χ3v) is 3.34. The van der Waals surface area contributed by atoms with Crippen LogP contribution in [0.4, 0.5) is 0 Å². The van der Waals surface area contributed by atoms with E-state index in [1.807, 2.05) is 42.5 Å². The number of carbonyl (C=O) groups is 2. The molecule has 122 valence electrons. The van der Waals surface area contributed by atoms with Crippen LogP contribution in [-0.2, 0) is 25.7 Å². The van der Waals surface area contributed by atoms with Crippen LogP contribution in [0.5, 0.6) is 0 Å². The van der Waals surface area contributed by atoms with Crippen molar-refractivity contribution in [1.82, 2.24) is 0 Å². The van der Waals surface area contributed by atoms with Crippen LogP contribution in [0.15, 0.2) is 42.5 Å². The van der Waals surface area contributed by atoms with Gasteiger partial charge in [0.2, 0.25) is 0 Å². The number of hydrogen-bond donors (Lipinski definition) is 0. The molecule has 4 heteroatoms. The SMILES string of the molecule is CC(C)OC(=O)CCCC(=O)OCc1ccc2ccccc2c1. The summed E-state index contributed by atoms with van der Waals surface area (Å²) in [6, 6.07) is 14.0. The van der Waals surface area contributed by atoms with Crippen molar-refractivity contribution in [1.29, 1.82) is 0 Å². The molecule has 0 spiro atoms. The summed E-state index contributed by atoms with van der Waals surface area (Å²) >= 11 is 0. The molecule has 0 heterocycles. The summed E-state index contributed by atoms with van der Waals surface area (Å²) in [6.45, 7) is 3.85. The monoisotopic (exact) mass is 314 g/mol. The molecule has 0 fully saturated rings. The molecule has 0 aliphatic heterocycles. The van der Waals surface area contributed by atoms with E-state index in [4.69, 9.17) is 9.47 Å². The van der Waals surface area contributed by atoms with Gasteiger partial charge >= 0.3 is 11.9 Å². The molecule has 2 aromatic rings. The standard InChI is InChI=1S/C19H22O4/c1-14(2)23-19(21)9-5-8-18(20)22-13-15-10-11-16-6-3-4-7-17(16)12-15/h3-4,6-7,10-12,14H,5,8-9,13H2,1-2H3. The lowest BCUT2D eigenvalue weighted by Crippen LogP contribution is -2.12. The van der Waals surface area contributed by atoms with Crippen LogP contribution < -0.4 is 0 Å². The van der Waals surface area contributed by atoms with Crippen molar-refractivity contribution in [3.05, 3.63) is 48.0 Å². The van der Waals surface area contributed by atoms with E-state index in [2.05, 4.69) is 0 Å². The van der Waals surface area contributed by atoms with Crippen molar-refractivity contribution in [2.45, 2.75) is 45.8 Å². The number of hydrogen-bond acceptors (Lipinski definition) is 4. The molecule has 0 saturated heterocycles. The predicted octanol–water partition coefficient (Wildman–Crippen LogP) is 4.00. The highest BCUT2D eigenvalue weighted by molar-refractivity contribution is 5.83. The highest BCUT2D eigenvalue weighted by atomic mass is 16.5. The van der Waals surface area contributed by atoms with Crippen LogP contribution in [0.1, 0.15) is 38.7 Å². The van der Waals surface area contributed by atoms with E-state index < -0.39 is 0 Å². The average molecular weight is 314 g/mol. The van der Waals surface area contributed by atoms with Gasteiger partial charge < -0.3 is 9.47 Å². The van der Waals surface area contributed by atoms with E-state index in [1.165, 1.54) is 0 Å². The zero-order chi connectivity index (χ0) is 16.7. The molecule has 0 atom stereocenters. The minimum absolute atomic E-state index is 0.123. The number of benzene rings is 2. The van der Waals surface area contributed by atoms with Gasteiger partial charge in [0.15, 0.2) is 0 Å². The Bertz CT molecular complexity index is 676. The van der Waals surface area contributed by atoms with Gasteiger partial charge in [-0.05, 0) is 42.7 Å². The fourth-order valence-electron chi connectivity index (χ4n) is 2.26. The normalized spacial score (nSPS) is 10.7. The first-order valence-corrected chi connectivity index (χ1v) is 7.87. The van der Waals surface area contributed by atoms with Crippen molar-refractivity contribution < 1.29 is 19.1 Å². The Kier molecular flexibility index (Phi) is 6.15. The third-order valence-electron chi connectivity index (χ3n) is 3.34. The third kappa shape index (κ3) is 5.74. The Morgan fingerprint density at radius 3 is 2.39 bits per heavy atom. The van der Waals surface area contributed by atoms with Gasteiger partial charge in [-0.25, -0.2) is 0 Å². The highest BCUT2D eigenvalue weighted by Crippen LogP contribution is 2.16. The van der Waals surface area contributed by atoms with E-state index in [9.17, 15) is 9.59 Å². The number of esters is 2. The molecule has 0 bridgehead atoms. The van der Waals surface area contributed by atoms with Gasteiger partial charge in [0.05, 0.1) is 6.10 Å². The highest BCUT2D eigenvalue weighted by Gasteiger charge is 2.09. The molecular weight excluding hydrogens is 292 g/mol. The van der Waals surface area contributed by atoms with Gasteiger partial charge in [0.25, 0.3) is 0 Å². The summed E-state index contributed by atoms with van der Waals surface area (Å²) in [5.74, 6) is -0.571. The van der Waals surface area contributed by atoms with Crippen LogP contribution >= 0.6 is 0 Å². The second kappa shape index (κ2) is 8.32. The molecule has 0 aliphatic rings. The molecule has 4 nitrogen and oxygen atoms in total. The molecule has 0 aliphatic carbocycles. The summed E-state index contributed by atoms with van der Waals surface area (Å²) < 4.78 is 10.3. The first-order chi connectivity index (χ1) is 11.0. The number of rotatable bonds is 7. The lowest BCUT2D eigenvalue weighted by molar-refractivity contribution is -0.148. The van der Waals surface area contributed by atoms with Gasteiger partial charge in [-0.3, -0.25) is 9.59 Å².